The first-order valence-corrected chi connectivity index (χ1v) is 5.66. The molecule has 0 radical (unpaired) electrons. The zero-order valence-electron chi connectivity index (χ0n) is 10.9. The van der Waals surface area contributed by atoms with Crippen LogP contribution in [-0.2, 0) is 4.79 Å². The van der Waals surface area contributed by atoms with E-state index in [2.05, 4.69) is 0 Å². The minimum absolute atomic E-state index is 0.108. The summed E-state index contributed by atoms with van der Waals surface area (Å²) in [6, 6.07) is 2.61. The average molecular weight is 284 g/mol. The topological polar surface area (TPSA) is 101 Å². The smallest absolute Gasteiger partial charge is 0.308 e. The van der Waals surface area contributed by atoms with Crippen molar-refractivity contribution in [2.24, 2.45) is 5.92 Å². The van der Waals surface area contributed by atoms with E-state index in [4.69, 9.17) is 5.11 Å². The van der Waals surface area contributed by atoms with Crippen molar-refractivity contribution in [3.63, 3.8) is 0 Å². The fraction of sp³-hybridized carbons (Fsp3) is 0.333. The second kappa shape index (κ2) is 6.09. The van der Waals surface area contributed by atoms with Crippen molar-refractivity contribution in [2.45, 2.75) is 6.92 Å². The fourth-order valence-corrected chi connectivity index (χ4v) is 1.61. The highest BCUT2D eigenvalue weighted by Gasteiger charge is 2.25. The summed E-state index contributed by atoms with van der Waals surface area (Å²) >= 11 is 0. The zero-order valence-corrected chi connectivity index (χ0v) is 10.9. The van der Waals surface area contributed by atoms with Gasteiger partial charge in [0.05, 0.1) is 16.9 Å². The first-order chi connectivity index (χ1) is 9.23. The van der Waals surface area contributed by atoms with Crippen LogP contribution < -0.4 is 0 Å². The first kappa shape index (κ1) is 15.5. The van der Waals surface area contributed by atoms with Crippen molar-refractivity contribution in [1.82, 2.24) is 4.90 Å². The quantitative estimate of drug-likeness (QED) is 0.652. The van der Waals surface area contributed by atoms with Crippen LogP contribution in [0.4, 0.5) is 10.1 Å². The van der Waals surface area contributed by atoms with Gasteiger partial charge in [0.15, 0.2) is 0 Å². The van der Waals surface area contributed by atoms with Gasteiger partial charge in [-0.15, -0.1) is 0 Å². The van der Waals surface area contributed by atoms with Crippen LogP contribution in [0, 0.1) is 21.8 Å². The number of nitrogens with zero attached hydrogens (tertiary/aromatic N) is 2. The van der Waals surface area contributed by atoms with Gasteiger partial charge in [0.1, 0.15) is 11.4 Å². The number of nitro groups is 1. The standard InChI is InChI=1S/C12H13FN2O5/c1-7(12(17)18)6-14(2)11(16)9-4-3-8(13)5-10(9)15(19)20/h3-5,7H,6H2,1-2H3,(H,17,18). The Labute approximate surface area is 113 Å². The van der Waals surface area contributed by atoms with Gasteiger partial charge in [-0.1, -0.05) is 6.92 Å². The van der Waals surface area contributed by atoms with Crippen molar-refractivity contribution in [3.8, 4) is 0 Å². The summed E-state index contributed by atoms with van der Waals surface area (Å²) in [6.45, 7) is 1.30. The van der Waals surface area contributed by atoms with Crippen molar-refractivity contribution < 1.29 is 24.0 Å². The van der Waals surface area contributed by atoms with Gasteiger partial charge in [-0.2, -0.15) is 0 Å². The lowest BCUT2D eigenvalue weighted by Gasteiger charge is -2.19. The molecule has 0 saturated heterocycles. The van der Waals surface area contributed by atoms with Crippen molar-refractivity contribution >= 4 is 17.6 Å². The molecule has 1 atom stereocenters. The van der Waals surface area contributed by atoms with Crippen LogP contribution >= 0.6 is 0 Å². The molecule has 8 heteroatoms. The number of benzene rings is 1. The molecule has 1 N–H and O–H groups in total. The maximum absolute atomic E-state index is 13.0. The monoisotopic (exact) mass is 284 g/mol. The van der Waals surface area contributed by atoms with E-state index in [-0.39, 0.29) is 12.1 Å². The van der Waals surface area contributed by atoms with Gasteiger partial charge in [-0.05, 0) is 12.1 Å². The molecule has 1 aromatic carbocycles. The largest absolute Gasteiger partial charge is 0.481 e. The molecule has 0 heterocycles. The molecule has 7 nitrogen and oxygen atoms in total. The molecule has 20 heavy (non-hydrogen) atoms. The number of carbonyl (C=O) groups excluding carboxylic acids is 1. The Balaban J connectivity index is 3.03. The Morgan fingerprint density at radius 1 is 1.50 bits per heavy atom. The number of amides is 1. The molecule has 0 spiro atoms. The van der Waals surface area contributed by atoms with Crippen LogP contribution in [0.1, 0.15) is 17.3 Å². The minimum atomic E-state index is -1.08. The number of hydrogen-bond acceptors (Lipinski definition) is 4. The van der Waals surface area contributed by atoms with Crippen LogP contribution in [0.2, 0.25) is 0 Å². The number of rotatable bonds is 5. The summed E-state index contributed by atoms with van der Waals surface area (Å²) in [5.74, 6) is -3.46. The van der Waals surface area contributed by atoms with E-state index in [0.29, 0.717) is 6.07 Å². The number of halogens is 1. The maximum atomic E-state index is 13.0. The number of hydrogen-bond donors (Lipinski definition) is 1. The van der Waals surface area contributed by atoms with Gasteiger partial charge >= 0.3 is 5.97 Å². The molecule has 0 bridgehead atoms. The number of nitro benzene ring substituents is 1. The van der Waals surface area contributed by atoms with E-state index in [1.165, 1.54) is 14.0 Å². The predicted molar refractivity (Wildman–Crippen MR) is 66.8 cm³/mol. The van der Waals surface area contributed by atoms with Gasteiger partial charge in [-0.3, -0.25) is 19.7 Å². The second-order valence-electron chi connectivity index (χ2n) is 4.34. The van der Waals surface area contributed by atoms with E-state index < -0.39 is 34.2 Å². The molecular formula is C12H13FN2O5. The molecule has 0 fully saturated rings. The third-order valence-electron chi connectivity index (χ3n) is 2.70. The van der Waals surface area contributed by atoms with Crippen LogP contribution in [0.15, 0.2) is 18.2 Å². The number of aliphatic carboxylic acids is 1. The second-order valence-corrected chi connectivity index (χ2v) is 4.34. The van der Waals surface area contributed by atoms with Crippen LogP contribution in [0.25, 0.3) is 0 Å². The summed E-state index contributed by atoms with van der Waals surface area (Å²) in [5, 5.41) is 19.6. The summed E-state index contributed by atoms with van der Waals surface area (Å²) in [6.07, 6.45) is 0. The lowest BCUT2D eigenvalue weighted by atomic mass is 10.1. The highest BCUT2D eigenvalue weighted by molar-refractivity contribution is 5.98. The van der Waals surface area contributed by atoms with Crippen LogP contribution in [0.5, 0.6) is 0 Å². The van der Waals surface area contributed by atoms with Gasteiger partial charge < -0.3 is 10.0 Å². The summed E-state index contributed by atoms with van der Waals surface area (Å²) in [5.41, 5.74) is -0.929. The van der Waals surface area contributed by atoms with Gasteiger partial charge in [0.2, 0.25) is 0 Å². The number of carboxylic acid groups (broad SMARTS) is 1. The van der Waals surface area contributed by atoms with Crippen molar-refractivity contribution in [1.29, 1.82) is 0 Å². The lowest BCUT2D eigenvalue weighted by molar-refractivity contribution is -0.385. The molecule has 0 aliphatic heterocycles. The van der Waals surface area contributed by atoms with Gasteiger partial charge in [0.25, 0.3) is 11.6 Å². The summed E-state index contributed by atoms with van der Waals surface area (Å²) in [7, 11) is 1.33. The molecule has 0 aromatic heterocycles. The lowest BCUT2D eigenvalue weighted by Crippen LogP contribution is -2.34. The minimum Gasteiger partial charge on any atom is -0.481 e. The summed E-state index contributed by atoms with van der Waals surface area (Å²) < 4.78 is 13.0. The van der Waals surface area contributed by atoms with E-state index >= 15 is 0 Å². The van der Waals surface area contributed by atoms with E-state index in [1.54, 1.807) is 0 Å². The Morgan fingerprint density at radius 3 is 2.60 bits per heavy atom. The Kier molecular flexibility index (Phi) is 4.73. The molecule has 0 aliphatic rings. The number of carboxylic acids is 1. The van der Waals surface area contributed by atoms with E-state index in [1.807, 2.05) is 0 Å². The van der Waals surface area contributed by atoms with Crippen LogP contribution in [-0.4, -0.2) is 40.4 Å². The fourth-order valence-electron chi connectivity index (χ4n) is 1.61. The van der Waals surface area contributed by atoms with Gasteiger partial charge in [0, 0.05) is 13.6 Å². The molecule has 0 saturated carbocycles. The predicted octanol–water partition coefficient (Wildman–Crippen LogP) is 1.53. The number of carbonyl (C=O) groups is 2. The molecule has 1 rings (SSSR count). The average Bonchev–Trinajstić information content (AvgIpc) is 2.37. The Hall–Kier alpha value is -2.51. The third-order valence-corrected chi connectivity index (χ3v) is 2.70. The molecule has 108 valence electrons. The normalized spacial score (nSPS) is 11.8. The van der Waals surface area contributed by atoms with Crippen molar-refractivity contribution in [2.75, 3.05) is 13.6 Å². The van der Waals surface area contributed by atoms with E-state index in [9.17, 15) is 24.1 Å². The molecule has 1 unspecified atom stereocenters. The first-order valence-electron chi connectivity index (χ1n) is 5.66. The van der Waals surface area contributed by atoms with Gasteiger partial charge in [-0.25, -0.2) is 4.39 Å². The third kappa shape index (κ3) is 3.50. The highest BCUT2D eigenvalue weighted by Crippen LogP contribution is 2.21. The van der Waals surface area contributed by atoms with Crippen LogP contribution in [0.3, 0.4) is 0 Å². The molecule has 0 aliphatic carbocycles. The molecular weight excluding hydrogens is 271 g/mol. The molecule has 1 amide bonds. The Morgan fingerprint density at radius 2 is 2.10 bits per heavy atom. The Bertz CT molecular complexity index is 561. The highest BCUT2D eigenvalue weighted by atomic mass is 19.1. The van der Waals surface area contributed by atoms with E-state index in [0.717, 1.165) is 17.0 Å². The SMILES string of the molecule is CC(CN(C)C(=O)c1ccc(F)cc1[N+](=O)[O-])C(=O)O. The van der Waals surface area contributed by atoms with Crippen molar-refractivity contribution in [3.05, 3.63) is 39.7 Å². The summed E-state index contributed by atoms with van der Waals surface area (Å²) in [4.78, 5) is 33.8. The maximum Gasteiger partial charge on any atom is 0.308 e. The molecule has 1 aromatic rings. The zero-order chi connectivity index (χ0) is 15.4.